The van der Waals surface area contributed by atoms with E-state index in [-0.39, 0.29) is 23.6 Å². The molecule has 0 spiro atoms. The zero-order valence-corrected chi connectivity index (χ0v) is 18.3. The van der Waals surface area contributed by atoms with Crippen LogP contribution in [0.1, 0.15) is 45.4 Å². The van der Waals surface area contributed by atoms with Crippen LogP contribution in [0.3, 0.4) is 0 Å². The van der Waals surface area contributed by atoms with E-state index in [2.05, 4.69) is 25.3 Å². The Kier molecular flexibility index (Phi) is 7.35. The van der Waals surface area contributed by atoms with E-state index < -0.39 is 17.6 Å². The van der Waals surface area contributed by atoms with Crippen molar-refractivity contribution in [3.05, 3.63) is 54.5 Å². The molecule has 0 bridgehead atoms. The summed E-state index contributed by atoms with van der Waals surface area (Å²) >= 11 is 0. The van der Waals surface area contributed by atoms with Crippen molar-refractivity contribution in [3.63, 3.8) is 0 Å². The van der Waals surface area contributed by atoms with Crippen molar-refractivity contribution in [2.24, 2.45) is 5.92 Å². The van der Waals surface area contributed by atoms with E-state index >= 15 is 0 Å². The van der Waals surface area contributed by atoms with Gasteiger partial charge in [0.2, 0.25) is 17.6 Å². The van der Waals surface area contributed by atoms with Crippen molar-refractivity contribution in [1.82, 2.24) is 15.5 Å². The molecule has 0 aliphatic heterocycles. The van der Waals surface area contributed by atoms with E-state index in [4.69, 9.17) is 0 Å². The number of anilines is 1. The Morgan fingerprint density at radius 3 is 2.55 bits per heavy atom. The Morgan fingerprint density at radius 2 is 1.94 bits per heavy atom. The number of nitrogens with one attached hydrogen (secondary N) is 2. The van der Waals surface area contributed by atoms with Gasteiger partial charge in [0.1, 0.15) is 5.54 Å². The molecule has 1 heterocycles. The van der Waals surface area contributed by atoms with Gasteiger partial charge in [-0.15, -0.1) is 0 Å². The lowest BCUT2D eigenvalue weighted by Crippen LogP contribution is -2.58. The maximum absolute atomic E-state index is 13.2. The van der Waals surface area contributed by atoms with Crippen molar-refractivity contribution < 1.29 is 27.3 Å². The van der Waals surface area contributed by atoms with E-state index in [0.717, 1.165) is 12.8 Å². The summed E-state index contributed by atoms with van der Waals surface area (Å²) in [5.74, 6) is -2.08. The first-order chi connectivity index (χ1) is 15.6. The smallest absolute Gasteiger partial charge is 0.338 e. The second kappa shape index (κ2) is 10.0. The van der Waals surface area contributed by atoms with Crippen LogP contribution in [-0.4, -0.2) is 27.5 Å². The molecule has 1 aromatic heterocycles. The molecule has 2 aromatic rings. The third kappa shape index (κ3) is 6.09. The minimum atomic E-state index is -4.73. The molecule has 1 aliphatic rings. The van der Waals surface area contributed by atoms with Gasteiger partial charge in [0.25, 0.3) is 0 Å². The lowest BCUT2D eigenvalue weighted by atomic mass is 9.75. The number of nitrogens with zero attached hydrogens (tertiary/aromatic N) is 2. The Balaban J connectivity index is 1.75. The molecule has 2 atom stereocenters. The molecule has 33 heavy (non-hydrogen) atoms. The molecule has 7 nitrogen and oxygen atoms in total. The predicted octanol–water partition coefficient (Wildman–Crippen LogP) is 4.89. The Hall–Kier alpha value is -3.43. The molecule has 1 aliphatic carbocycles. The van der Waals surface area contributed by atoms with Gasteiger partial charge >= 0.3 is 12.1 Å². The third-order valence-corrected chi connectivity index (χ3v) is 5.42. The summed E-state index contributed by atoms with van der Waals surface area (Å²) in [5, 5.41) is 9.05. The van der Waals surface area contributed by atoms with Crippen LogP contribution in [0.4, 0.5) is 18.9 Å². The number of carbonyl (C=O) groups is 2. The van der Waals surface area contributed by atoms with Gasteiger partial charge in [-0.05, 0) is 49.9 Å². The number of hydrogen-bond acceptors (Lipinski definition) is 5. The van der Waals surface area contributed by atoms with Crippen LogP contribution < -0.4 is 10.6 Å². The van der Waals surface area contributed by atoms with E-state index in [1.54, 1.807) is 18.2 Å². The fraction of sp³-hybridized carbons (Fsp3) is 0.391. The van der Waals surface area contributed by atoms with Crippen molar-refractivity contribution in [2.75, 3.05) is 5.32 Å². The minimum absolute atomic E-state index is 0.210. The van der Waals surface area contributed by atoms with Gasteiger partial charge in [0.05, 0.1) is 0 Å². The van der Waals surface area contributed by atoms with Crippen LogP contribution in [0, 0.1) is 5.92 Å². The quantitative estimate of drug-likeness (QED) is 0.471. The highest BCUT2D eigenvalue weighted by Crippen LogP contribution is 2.34. The number of hydrogen-bond donors (Lipinski definition) is 2. The highest BCUT2D eigenvalue weighted by molar-refractivity contribution is 6.02. The zero-order valence-electron chi connectivity index (χ0n) is 18.3. The monoisotopic (exact) mass is 462 g/mol. The lowest BCUT2D eigenvalue weighted by Gasteiger charge is -2.39. The van der Waals surface area contributed by atoms with E-state index in [1.165, 1.54) is 30.3 Å². The first kappa shape index (κ1) is 24.2. The molecular formula is C23H25F3N4O3. The first-order valence-corrected chi connectivity index (χ1v) is 10.6. The van der Waals surface area contributed by atoms with Crippen molar-refractivity contribution in [3.8, 4) is 11.4 Å². The summed E-state index contributed by atoms with van der Waals surface area (Å²) in [7, 11) is 0. The van der Waals surface area contributed by atoms with Crippen LogP contribution in [0.5, 0.6) is 0 Å². The molecule has 1 fully saturated rings. The van der Waals surface area contributed by atoms with Crippen LogP contribution in [0.25, 0.3) is 11.4 Å². The fourth-order valence-electron chi connectivity index (χ4n) is 3.87. The molecule has 2 amide bonds. The molecule has 1 aromatic carbocycles. The minimum Gasteiger partial charge on any atom is -0.338 e. The number of benzene rings is 1. The van der Waals surface area contributed by atoms with Crippen LogP contribution >= 0.6 is 0 Å². The zero-order chi connectivity index (χ0) is 24.1. The second-order valence-corrected chi connectivity index (χ2v) is 8.11. The summed E-state index contributed by atoms with van der Waals surface area (Å²) in [6.07, 6.45) is 4.55. The summed E-state index contributed by atoms with van der Waals surface area (Å²) in [6, 6.07) is 6.03. The molecule has 176 valence electrons. The second-order valence-electron chi connectivity index (χ2n) is 8.11. The van der Waals surface area contributed by atoms with Crippen LogP contribution in [0.15, 0.2) is 53.1 Å². The number of alkyl halides is 3. The molecule has 0 radical (unpaired) electrons. The molecule has 0 saturated heterocycles. The van der Waals surface area contributed by atoms with Gasteiger partial charge < -0.3 is 15.2 Å². The number of allylic oxidation sites excluding steroid dienone is 3. The van der Waals surface area contributed by atoms with Gasteiger partial charge in [-0.3, -0.25) is 9.59 Å². The maximum Gasteiger partial charge on any atom is 0.471 e. The van der Waals surface area contributed by atoms with Gasteiger partial charge in [-0.2, -0.15) is 18.2 Å². The highest BCUT2D eigenvalue weighted by Gasteiger charge is 2.43. The van der Waals surface area contributed by atoms with Crippen LogP contribution in [-0.2, 0) is 15.8 Å². The number of carbonyl (C=O) groups excluding carboxylic acids is 2. The third-order valence-electron chi connectivity index (χ3n) is 5.42. The topological polar surface area (TPSA) is 97.1 Å². The Morgan fingerprint density at radius 1 is 1.21 bits per heavy atom. The summed E-state index contributed by atoms with van der Waals surface area (Å²) < 4.78 is 42.2. The number of rotatable bonds is 6. The van der Waals surface area contributed by atoms with Gasteiger partial charge in [-0.25, -0.2) is 0 Å². The van der Waals surface area contributed by atoms with Crippen molar-refractivity contribution in [1.29, 1.82) is 0 Å². The summed E-state index contributed by atoms with van der Waals surface area (Å²) in [5.41, 5.74) is -0.321. The number of halogens is 3. The summed E-state index contributed by atoms with van der Waals surface area (Å²) in [6.45, 7) is 3.87. The van der Waals surface area contributed by atoms with E-state index in [0.29, 0.717) is 24.1 Å². The lowest BCUT2D eigenvalue weighted by molar-refractivity contribution is -0.159. The average Bonchev–Trinajstić information content (AvgIpc) is 3.25. The maximum atomic E-state index is 13.2. The summed E-state index contributed by atoms with van der Waals surface area (Å²) in [4.78, 5) is 29.0. The predicted molar refractivity (Wildman–Crippen MR) is 116 cm³/mol. The Bertz CT molecular complexity index is 1040. The number of aromatic nitrogens is 2. The molecular weight excluding hydrogens is 437 g/mol. The molecule has 2 N–H and O–H groups in total. The van der Waals surface area contributed by atoms with Gasteiger partial charge in [-0.1, -0.05) is 43.2 Å². The molecule has 10 heteroatoms. The number of amides is 2. The SMILES string of the molecule is CC=CC=CC(=O)NC1(C(=O)Nc2ccc(-c3noc(C(F)(F)F)n3)cc2)CCCC(C)C1. The van der Waals surface area contributed by atoms with E-state index in [1.807, 2.05) is 13.8 Å². The molecule has 2 unspecified atom stereocenters. The first-order valence-electron chi connectivity index (χ1n) is 10.6. The highest BCUT2D eigenvalue weighted by atomic mass is 19.4. The standard InChI is InChI=1S/C23H25F3N4O3/c1-3-4-5-8-18(31)29-22(13-6-7-15(2)14-22)20(32)27-17-11-9-16(10-12-17)19-28-21(33-30-19)23(24,25)26/h3-5,8-12,15H,6-7,13-14H2,1-2H3,(H,27,32)(H,29,31). The Labute approximate surface area is 189 Å². The normalized spacial score (nSPS) is 21.4. The largest absolute Gasteiger partial charge is 0.471 e. The van der Waals surface area contributed by atoms with Gasteiger partial charge in [0.15, 0.2) is 0 Å². The van der Waals surface area contributed by atoms with Crippen LogP contribution in [0.2, 0.25) is 0 Å². The van der Waals surface area contributed by atoms with E-state index in [9.17, 15) is 22.8 Å². The molecule has 3 rings (SSSR count). The van der Waals surface area contributed by atoms with Gasteiger partial charge in [0, 0.05) is 17.3 Å². The van der Waals surface area contributed by atoms with Crippen molar-refractivity contribution >= 4 is 17.5 Å². The average molecular weight is 462 g/mol. The fourth-order valence-corrected chi connectivity index (χ4v) is 3.87. The van der Waals surface area contributed by atoms with Crippen molar-refractivity contribution in [2.45, 2.75) is 51.2 Å². The molecule has 1 saturated carbocycles.